The molecule has 0 unspecified atom stereocenters. The number of morpholine rings is 1. The molecular weight excluding hydrogens is 260 g/mol. The summed E-state index contributed by atoms with van der Waals surface area (Å²) < 4.78 is 7.91. The highest BCUT2D eigenvalue weighted by molar-refractivity contribution is 7.15. The lowest BCUT2D eigenvalue weighted by molar-refractivity contribution is -0.0182. The molecule has 0 radical (unpaired) electrons. The second kappa shape index (κ2) is 5.58. The van der Waals surface area contributed by atoms with Gasteiger partial charge in [-0.25, -0.2) is 4.98 Å². The molecule has 1 N–H and O–H groups in total. The molecule has 1 aliphatic heterocycles. The maximum Gasteiger partial charge on any atom is 0.194 e. The first-order valence-electron chi connectivity index (χ1n) is 6.66. The predicted molar refractivity (Wildman–Crippen MR) is 76.7 cm³/mol. The van der Waals surface area contributed by atoms with E-state index in [4.69, 9.17) is 4.74 Å². The minimum Gasteiger partial charge on any atom is -0.374 e. The molecule has 1 aliphatic rings. The number of thiazole rings is 1. The van der Waals surface area contributed by atoms with E-state index in [1.54, 1.807) is 11.3 Å². The first kappa shape index (κ1) is 13.1. The maximum absolute atomic E-state index is 5.75. The van der Waals surface area contributed by atoms with E-state index >= 15 is 0 Å². The highest BCUT2D eigenvalue weighted by Gasteiger charge is 2.17. The lowest BCUT2D eigenvalue weighted by Gasteiger charge is -2.30. The third-order valence-electron chi connectivity index (χ3n) is 3.57. The fourth-order valence-corrected chi connectivity index (χ4v) is 3.27. The van der Waals surface area contributed by atoms with E-state index in [-0.39, 0.29) is 0 Å². The van der Waals surface area contributed by atoms with Gasteiger partial charge in [0, 0.05) is 37.8 Å². The van der Waals surface area contributed by atoms with Crippen molar-refractivity contribution in [1.82, 2.24) is 19.6 Å². The standard InChI is InChI=1S/C13H20N4OS/c1-10-12(17-4-6-19-13(17)15-10)8-14-7-11-9-16(2)3-5-18-11/h4,6,11,14H,3,5,7-9H2,1-2H3/t11-/m1/s1. The number of aryl methyl sites for hydroxylation is 1. The number of ether oxygens (including phenoxy) is 1. The summed E-state index contributed by atoms with van der Waals surface area (Å²) in [4.78, 5) is 7.94. The summed E-state index contributed by atoms with van der Waals surface area (Å²) in [6.45, 7) is 6.68. The van der Waals surface area contributed by atoms with Gasteiger partial charge in [-0.05, 0) is 14.0 Å². The van der Waals surface area contributed by atoms with Crippen molar-refractivity contribution in [2.24, 2.45) is 0 Å². The molecule has 104 valence electrons. The molecule has 2 aromatic heterocycles. The largest absolute Gasteiger partial charge is 0.374 e. The smallest absolute Gasteiger partial charge is 0.194 e. The molecule has 0 aliphatic carbocycles. The van der Waals surface area contributed by atoms with Gasteiger partial charge in [0.05, 0.1) is 24.1 Å². The molecule has 0 amide bonds. The molecule has 6 heteroatoms. The van der Waals surface area contributed by atoms with E-state index in [0.717, 1.165) is 43.4 Å². The normalized spacial score (nSPS) is 21.3. The second-order valence-electron chi connectivity index (χ2n) is 5.09. The van der Waals surface area contributed by atoms with Crippen LogP contribution in [-0.2, 0) is 11.3 Å². The fraction of sp³-hybridized carbons (Fsp3) is 0.615. The van der Waals surface area contributed by atoms with Gasteiger partial charge < -0.3 is 15.0 Å². The van der Waals surface area contributed by atoms with Crippen molar-refractivity contribution in [2.45, 2.75) is 19.6 Å². The molecule has 1 fully saturated rings. The third-order valence-corrected chi connectivity index (χ3v) is 4.32. The molecule has 5 nitrogen and oxygen atoms in total. The number of hydrogen-bond donors (Lipinski definition) is 1. The summed E-state index contributed by atoms with van der Waals surface area (Å²) in [6.07, 6.45) is 2.38. The summed E-state index contributed by atoms with van der Waals surface area (Å²) >= 11 is 1.68. The van der Waals surface area contributed by atoms with E-state index in [0.29, 0.717) is 6.10 Å². The number of nitrogens with one attached hydrogen (secondary N) is 1. The maximum atomic E-state index is 5.75. The van der Waals surface area contributed by atoms with Crippen molar-refractivity contribution >= 4 is 16.3 Å². The monoisotopic (exact) mass is 280 g/mol. The average Bonchev–Trinajstić information content (AvgIpc) is 2.92. The molecule has 2 aromatic rings. The molecule has 3 heterocycles. The zero-order valence-electron chi connectivity index (χ0n) is 11.4. The van der Waals surface area contributed by atoms with E-state index in [1.807, 2.05) is 0 Å². The third kappa shape index (κ3) is 2.81. The SMILES string of the molecule is Cc1nc2sccn2c1CNC[C@@H]1CN(C)CCO1. The Balaban J connectivity index is 1.57. The Morgan fingerprint density at radius 1 is 1.58 bits per heavy atom. The van der Waals surface area contributed by atoms with E-state index < -0.39 is 0 Å². The Hall–Kier alpha value is -0.950. The van der Waals surface area contributed by atoms with Crippen LogP contribution >= 0.6 is 11.3 Å². The summed E-state index contributed by atoms with van der Waals surface area (Å²) in [5.41, 5.74) is 2.36. The number of fused-ring (bicyclic) bond motifs is 1. The summed E-state index contributed by atoms with van der Waals surface area (Å²) in [5, 5.41) is 5.57. The van der Waals surface area contributed by atoms with Gasteiger partial charge in [0.2, 0.25) is 0 Å². The number of aromatic nitrogens is 2. The Bertz CT molecular complexity index is 550. The van der Waals surface area contributed by atoms with Crippen molar-refractivity contribution in [3.8, 4) is 0 Å². The summed E-state index contributed by atoms with van der Waals surface area (Å²) in [5.74, 6) is 0. The van der Waals surface area contributed by atoms with Crippen LogP contribution in [0.4, 0.5) is 0 Å². The molecule has 1 atom stereocenters. The first-order valence-corrected chi connectivity index (χ1v) is 7.54. The Morgan fingerprint density at radius 3 is 3.32 bits per heavy atom. The highest BCUT2D eigenvalue weighted by Crippen LogP contribution is 2.16. The number of nitrogens with zero attached hydrogens (tertiary/aromatic N) is 3. The van der Waals surface area contributed by atoms with Crippen LogP contribution in [0.2, 0.25) is 0 Å². The van der Waals surface area contributed by atoms with Crippen LogP contribution < -0.4 is 5.32 Å². The van der Waals surface area contributed by atoms with Gasteiger partial charge in [0.1, 0.15) is 0 Å². The topological polar surface area (TPSA) is 41.8 Å². The van der Waals surface area contributed by atoms with Crippen molar-refractivity contribution in [2.75, 3.05) is 33.3 Å². The lowest BCUT2D eigenvalue weighted by Crippen LogP contribution is -2.44. The van der Waals surface area contributed by atoms with Crippen LogP contribution in [0.15, 0.2) is 11.6 Å². The minimum absolute atomic E-state index is 0.296. The minimum atomic E-state index is 0.296. The molecule has 19 heavy (non-hydrogen) atoms. The van der Waals surface area contributed by atoms with Gasteiger partial charge in [-0.2, -0.15) is 0 Å². The highest BCUT2D eigenvalue weighted by atomic mass is 32.1. The van der Waals surface area contributed by atoms with E-state index in [1.165, 1.54) is 5.69 Å². The molecule has 0 bridgehead atoms. The van der Waals surface area contributed by atoms with Crippen molar-refractivity contribution in [3.05, 3.63) is 23.0 Å². The van der Waals surface area contributed by atoms with Crippen LogP contribution in [-0.4, -0.2) is 53.7 Å². The average molecular weight is 280 g/mol. The Morgan fingerprint density at radius 2 is 2.47 bits per heavy atom. The molecule has 0 spiro atoms. The number of imidazole rings is 1. The predicted octanol–water partition coefficient (Wildman–Crippen LogP) is 1.12. The number of hydrogen-bond acceptors (Lipinski definition) is 5. The van der Waals surface area contributed by atoms with Crippen LogP contribution in [0.3, 0.4) is 0 Å². The zero-order chi connectivity index (χ0) is 13.2. The zero-order valence-corrected chi connectivity index (χ0v) is 12.2. The number of rotatable bonds is 4. The lowest BCUT2D eigenvalue weighted by atomic mass is 10.2. The van der Waals surface area contributed by atoms with Crippen molar-refractivity contribution < 1.29 is 4.74 Å². The Labute approximate surface area is 117 Å². The van der Waals surface area contributed by atoms with Gasteiger partial charge in [-0.3, -0.25) is 4.40 Å². The second-order valence-corrected chi connectivity index (χ2v) is 5.96. The molecule has 0 aromatic carbocycles. The molecular formula is C13H20N4OS. The van der Waals surface area contributed by atoms with Crippen molar-refractivity contribution in [1.29, 1.82) is 0 Å². The molecule has 3 rings (SSSR count). The summed E-state index contributed by atoms with van der Waals surface area (Å²) in [7, 11) is 2.14. The molecule has 0 saturated carbocycles. The van der Waals surface area contributed by atoms with Gasteiger partial charge in [0.25, 0.3) is 0 Å². The van der Waals surface area contributed by atoms with Gasteiger partial charge in [-0.1, -0.05) is 0 Å². The molecule has 1 saturated heterocycles. The van der Waals surface area contributed by atoms with Crippen LogP contribution in [0.5, 0.6) is 0 Å². The fourth-order valence-electron chi connectivity index (χ4n) is 2.50. The van der Waals surface area contributed by atoms with E-state index in [9.17, 15) is 0 Å². The quantitative estimate of drug-likeness (QED) is 0.911. The van der Waals surface area contributed by atoms with Gasteiger partial charge in [0.15, 0.2) is 4.96 Å². The van der Waals surface area contributed by atoms with Gasteiger partial charge >= 0.3 is 0 Å². The Kier molecular flexibility index (Phi) is 3.83. The number of likely N-dealkylation sites (N-methyl/N-ethyl adjacent to an activating group) is 1. The van der Waals surface area contributed by atoms with Crippen LogP contribution in [0.25, 0.3) is 4.96 Å². The van der Waals surface area contributed by atoms with Crippen molar-refractivity contribution in [3.63, 3.8) is 0 Å². The summed E-state index contributed by atoms with van der Waals surface area (Å²) in [6, 6.07) is 0. The van der Waals surface area contributed by atoms with E-state index in [2.05, 4.69) is 45.1 Å². The van der Waals surface area contributed by atoms with Gasteiger partial charge in [-0.15, -0.1) is 11.3 Å². The van der Waals surface area contributed by atoms with Crippen LogP contribution in [0, 0.1) is 6.92 Å². The first-order chi connectivity index (χ1) is 9.24. The van der Waals surface area contributed by atoms with Crippen LogP contribution in [0.1, 0.15) is 11.4 Å².